The molecular formula is C17H16N2O3S. The molecule has 5 nitrogen and oxygen atoms in total. The predicted molar refractivity (Wildman–Crippen MR) is 91.3 cm³/mol. The van der Waals surface area contributed by atoms with Crippen LogP contribution in [-0.2, 0) is 4.79 Å². The Labute approximate surface area is 138 Å². The minimum absolute atomic E-state index is 0.0483. The third-order valence-corrected chi connectivity index (χ3v) is 4.68. The van der Waals surface area contributed by atoms with Crippen LogP contribution in [0.2, 0.25) is 0 Å². The molecule has 1 aliphatic rings. The molecule has 1 aliphatic heterocycles. The molecule has 1 heterocycles. The lowest BCUT2D eigenvalue weighted by Gasteiger charge is -2.21. The highest BCUT2D eigenvalue weighted by atomic mass is 32.2. The van der Waals surface area contributed by atoms with Gasteiger partial charge in [-0.15, -0.1) is 11.8 Å². The average molecular weight is 328 g/mol. The number of methoxy groups -OCH3 is 1. The van der Waals surface area contributed by atoms with Crippen molar-refractivity contribution in [1.82, 2.24) is 0 Å². The van der Waals surface area contributed by atoms with Crippen LogP contribution in [0.25, 0.3) is 0 Å². The Hall–Kier alpha value is -2.47. The number of hydrogen-bond acceptors (Lipinski definition) is 4. The van der Waals surface area contributed by atoms with E-state index in [1.165, 1.54) is 11.8 Å². The maximum Gasteiger partial charge on any atom is 0.255 e. The van der Waals surface area contributed by atoms with E-state index in [1.54, 1.807) is 37.4 Å². The van der Waals surface area contributed by atoms with E-state index >= 15 is 0 Å². The summed E-state index contributed by atoms with van der Waals surface area (Å²) in [7, 11) is 1.58. The lowest BCUT2D eigenvalue weighted by atomic mass is 10.1. The standard InChI is InChI=1S/C17H16N2O3S/c1-10-16(20)19-14-8-11(6-7-15(14)23-10)17(21)18-12-4-3-5-13(9-12)22-2/h3-10H,1-2H3,(H,18,21)(H,19,20). The van der Waals surface area contributed by atoms with E-state index in [0.717, 1.165) is 4.90 Å². The van der Waals surface area contributed by atoms with Crippen molar-refractivity contribution in [3.8, 4) is 5.75 Å². The van der Waals surface area contributed by atoms with Gasteiger partial charge in [0.1, 0.15) is 5.75 Å². The van der Waals surface area contributed by atoms with Crippen LogP contribution in [0.5, 0.6) is 5.75 Å². The largest absolute Gasteiger partial charge is 0.497 e. The Morgan fingerprint density at radius 3 is 2.87 bits per heavy atom. The van der Waals surface area contributed by atoms with Crippen LogP contribution in [0.4, 0.5) is 11.4 Å². The molecule has 1 atom stereocenters. The van der Waals surface area contributed by atoms with Gasteiger partial charge in [0.25, 0.3) is 5.91 Å². The number of hydrogen-bond donors (Lipinski definition) is 2. The van der Waals surface area contributed by atoms with Crippen molar-refractivity contribution in [3.05, 3.63) is 48.0 Å². The first-order valence-electron chi connectivity index (χ1n) is 7.14. The first kappa shape index (κ1) is 15.4. The van der Waals surface area contributed by atoms with Crippen LogP contribution in [0.15, 0.2) is 47.4 Å². The van der Waals surface area contributed by atoms with Gasteiger partial charge in [0.2, 0.25) is 5.91 Å². The van der Waals surface area contributed by atoms with Gasteiger partial charge >= 0.3 is 0 Å². The smallest absolute Gasteiger partial charge is 0.255 e. The minimum atomic E-state index is -0.237. The molecule has 0 radical (unpaired) electrons. The van der Waals surface area contributed by atoms with Crippen molar-refractivity contribution in [2.75, 3.05) is 17.7 Å². The second-order valence-electron chi connectivity index (χ2n) is 5.15. The zero-order chi connectivity index (χ0) is 16.4. The highest BCUT2D eigenvalue weighted by molar-refractivity contribution is 8.00. The average Bonchev–Trinajstić information content (AvgIpc) is 2.55. The predicted octanol–water partition coefficient (Wildman–Crippen LogP) is 3.38. The zero-order valence-electron chi connectivity index (χ0n) is 12.8. The summed E-state index contributed by atoms with van der Waals surface area (Å²) in [5.74, 6) is 0.387. The third-order valence-electron chi connectivity index (χ3n) is 3.50. The van der Waals surface area contributed by atoms with Gasteiger partial charge in [0.15, 0.2) is 0 Å². The van der Waals surface area contributed by atoms with Gasteiger partial charge in [0.05, 0.1) is 18.0 Å². The van der Waals surface area contributed by atoms with E-state index in [-0.39, 0.29) is 17.1 Å². The molecule has 0 aromatic heterocycles. The fourth-order valence-corrected chi connectivity index (χ4v) is 3.18. The summed E-state index contributed by atoms with van der Waals surface area (Å²) >= 11 is 1.49. The number of benzene rings is 2. The molecule has 3 rings (SSSR count). The summed E-state index contributed by atoms with van der Waals surface area (Å²) in [5, 5.41) is 5.52. The van der Waals surface area contributed by atoms with Gasteiger partial charge in [-0.2, -0.15) is 0 Å². The van der Waals surface area contributed by atoms with E-state index in [1.807, 2.05) is 19.1 Å². The molecule has 23 heavy (non-hydrogen) atoms. The highest BCUT2D eigenvalue weighted by Crippen LogP contribution is 2.36. The van der Waals surface area contributed by atoms with Crippen LogP contribution in [0.1, 0.15) is 17.3 Å². The van der Waals surface area contributed by atoms with E-state index < -0.39 is 0 Å². The van der Waals surface area contributed by atoms with E-state index in [9.17, 15) is 9.59 Å². The maximum absolute atomic E-state index is 12.4. The summed E-state index contributed by atoms with van der Waals surface area (Å²) < 4.78 is 5.14. The van der Waals surface area contributed by atoms with Gasteiger partial charge in [-0.05, 0) is 37.3 Å². The number of carbonyl (C=O) groups excluding carboxylic acids is 2. The minimum Gasteiger partial charge on any atom is -0.497 e. The van der Waals surface area contributed by atoms with Crippen molar-refractivity contribution in [2.45, 2.75) is 17.1 Å². The van der Waals surface area contributed by atoms with Crippen LogP contribution in [0, 0.1) is 0 Å². The lowest BCUT2D eigenvalue weighted by Crippen LogP contribution is -2.26. The Morgan fingerprint density at radius 2 is 2.09 bits per heavy atom. The number of fused-ring (bicyclic) bond motifs is 1. The third kappa shape index (κ3) is 3.32. The van der Waals surface area contributed by atoms with Crippen molar-refractivity contribution in [3.63, 3.8) is 0 Å². The quantitative estimate of drug-likeness (QED) is 0.906. The second-order valence-corrected chi connectivity index (χ2v) is 6.53. The maximum atomic E-state index is 12.4. The van der Waals surface area contributed by atoms with Crippen LogP contribution < -0.4 is 15.4 Å². The van der Waals surface area contributed by atoms with E-state index in [0.29, 0.717) is 22.7 Å². The number of nitrogens with one attached hydrogen (secondary N) is 2. The topological polar surface area (TPSA) is 67.4 Å². The SMILES string of the molecule is COc1cccc(NC(=O)c2ccc3c(c2)NC(=O)C(C)S3)c1. The van der Waals surface area contributed by atoms with E-state index in [2.05, 4.69) is 10.6 Å². The van der Waals surface area contributed by atoms with Crippen molar-refractivity contribution in [2.24, 2.45) is 0 Å². The number of ether oxygens (including phenoxy) is 1. The molecule has 0 aliphatic carbocycles. The fourth-order valence-electron chi connectivity index (χ4n) is 2.25. The Balaban J connectivity index is 1.80. The Morgan fingerprint density at radius 1 is 1.26 bits per heavy atom. The number of carbonyl (C=O) groups is 2. The molecule has 1 unspecified atom stereocenters. The lowest BCUT2D eigenvalue weighted by molar-refractivity contribution is -0.115. The Bertz CT molecular complexity index is 776. The molecule has 0 saturated carbocycles. The number of anilines is 2. The molecular weight excluding hydrogens is 312 g/mol. The number of amides is 2. The summed E-state index contributed by atoms with van der Waals surface area (Å²) in [5.41, 5.74) is 1.82. The van der Waals surface area contributed by atoms with Crippen molar-refractivity contribution in [1.29, 1.82) is 0 Å². The summed E-state index contributed by atoms with van der Waals surface area (Å²) in [6, 6.07) is 12.5. The van der Waals surface area contributed by atoms with Gasteiger partial charge in [-0.25, -0.2) is 0 Å². The molecule has 2 amide bonds. The summed E-state index contributed by atoms with van der Waals surface area (Å²) in [6.45, 7) is 1.85. The van der Waals surface area contributed by atoms with Crippen LogP contribution in [-0.4, -0.2) is 24.2 Å². The first-order valence-corrected chi connectivity index (χ1v) is 8.02. The zero-order valence-corrected chi connectivity index (χ0v) is 13.6. The fraction of sp³-hybridized carbons (Fsp3) is 0.176. The first-order chi connectivity index (χ1) is 11.1. The monoisotopic (exact) mass is 328 g/mol. The molecule has 118 valence electrons. The number of thioether (sulfide) groups is 1. The molecule has 0 spiro atoms. The highest BCUT2D eigenvalue weighted by Gasteiger charge is 2.23. The van der Waals surface area contributed by atoms with Gasteiger partial charge in [-0.1, -0.05) is 6.07 Å². The molecule has 0 bridgehead atoms. The van der Waals surface area contributed by atoms with Crippen LogP contribution >= 0.6 is 11.8 Å². The van der Waals surface area contributed by atoms with Gasteiger partial charge in [0, 0.05) is 22.2 Å². The normalized spacial score (nSPS) is 16.3. The van der Waals surface area contributed by atoms with Crippen molar-refractivity contribution < 1.29 is 14.3 Å². The molecule has 2 aromatic rings. The second kappa shape index (κ2) is 6.34. The Kier molecular flexibility index (Phi) is 4.25. The van der Waals surface area contributed by atoms with Crippen molar-refractivity contribution >= 4 is 35.0 Å². The number of rotatable bonds is 3. The molecule has 0 fully saturated rings. The molecule has 6 heteroatoms. The van der Waals surface area contributed by atoms with Crippen LogP contribution in [0.3, 0.4) is 0 Å². The summed E-state index contributed by atoms with van der Waals surface area (Å²) in [4.78, 5) is 25.1. The molecule has 0 saturated heterocycles. The molecule has 2 aromatic carbocycles. The van der Waals surface area contributed by atoms with Gasteiger partial charge in [-0.3, -0.25) is 9.59 Å². The summed E-state index contributed by atoms with van der Waals surface area (Å²) in [6.07, 6.45) is 0. The molecule has 2 N–H and O–H groups in total. The van der Waals surface area contributed by atoms with E-state index in [4.69, 9.17) is 4.74 Å². The van der Waals surface area contributed by atoms with Gasteiger partial charge < -0.3 is 15.4 Å².